The number of ether oxygens (including phenoxy) is 2. The van der Waals surface area contributed by atoms with Crippen LogP contribution in [0, 0.1) is 11.8 Å². The van der Waals surface area contributed by atoms with Gasteiger partial charge in [-0.2, -0.15) is 5.10 Å². The summed E-state index contributed by atoms with van der Waals surface area (Å²) in [5.41, 5.74) is 2.30. The number of rotatable bonds is 8. The Hall–Kier alpha value is -1.40. The van der Waals surface area contributed by atoms with E-state index in [4.69, 9.17) is 14.6 Å². The summed E-state index contributed by atoms with van der Waals surface area (Å²) in [4.78, 5) is 14.2. The van der Waals surface area contributed by atoms with Gasteiger partial charge in [0.15, 0.2) is 0 Å². The van der Waals surface area contributed by atoms with Crippen molar-refractivity contribution in [1.29, 1.82) is 0 Å². The predicted octanol–water partition coefficient (Wildman–Crippen LogP) is 1.79. The van der Waals surface area contributed by atoms with Crippen LogP contribution in [0.4, 0.5) is 0 Å². The van der Waals surface area contributed by atoms with E-state index in [2.05, 4.69) is 10.9 Å². The quantitative estimate of drug-likeness (QED) is 0.728. The maximum atomic E-state index is 12.3. The van der Waals surface area contributed by atoms with Crippen LogP contribution >= 0.6 is 0 Å². The second kappa shape index (κ2) is 6.84. The van der Waals surface area contributed by atoms with Crippen LogP contribution in [0.1, 0.15) is 42.9 Å². The molecule has 0 bridgehead atoms. The van der Waals surface area contributed by atoms with Crippen molar-refractivity contribution in [1.82, 2.24) is 14.7 Å². The summed E-state index contributed by atoms with van der Waals surface area (Å²) < 4.78 is 13.0. The van der Waals surface area contributed by atoms with Crippen molar-refractivity contribution < 1.29 is 14.3 Å². The molecule has 0 N–H and O–H groups in total. The summed E-state index contributed by atoms with van der Waals surface area (Å²) in [7, 11) is 1.57. The first-order valence-electron chi connectivity index (χ1n) is 9.13. The fourth-order valence-corrected chi connectivity index (χ4v) is 3.42. The van der Waals surface area contributed by atoms with E-state index >= 15 is 0 Å². The second-order valence-electron chi connectivity index (χ2n) is 7.59. The van der Waals surface area contributed by atoms with E-state index in [1.807, 2.05) is 4.90 Å². The molecule has 1 aliphatic heterocycles. The van der Waals surface area contributed by atoms with Gasteiger partial charge in [0.05, 0.1) is 12.3 Å². The van der Waals surface area contributed by atoms with Crippen molar-refractivity contribution in [3.63, 3.8) is 0 Å². The molecule has 6 nitrogen and oxygen atoms in total. The molecular formula is C18H27N3O3. The minimum Gasteiger partial charge on any atom is -0.380 e. The number of amides is 1. The lowest BCUT2D eigenvalue weighted by molar-refractivity contribution is -0.136. The fraction of sp³-hybridized carbons (Fsp3) is 0.778. The standard InChI is InChI=1S/C18H27N3O3/c1-23-12-17(22)20-7-15-9-21(6-13-2-3-13)19-18(15)16(8-20)11-24-10-14-4-5-14/h9,13-14,16H,2-8,10-12H2,1H3. The third-order valence-corrected chi connectivity index (χ3v) is 5.19. The zero-order valence-corrected chi connectivity index (χ0v) is 14.4. The Morgan fingerprint density at radius 1 is 1.25 bits per heavy atom. The number of hydrogen-bond acceptors (Lipinski definition) is 4. The Bertz CT molecular complexity index is 592. The average Bonchev–Trinajstić information content (AvgIpc) is 3.47. The summed E-state index contributed by atoms with van der Waals surface area (Å²) in [5, 5.41) is 4.83. The Morgan fingerprint density at radius 2 is 2.04 bits per heavy atom. The highest BCUT2D eigenvalue weighted by molar-refractivity contribution is 5.77. The molecular weight excluding hydrogens is 306 g/mol. The predicted molar refractivity (Wildman–Crippen MR) is 88.5 cm³/mol. The summed E-state index contributed by atoms with van der Waals surface area (Å²) in [5.74, 6) is 1.77. The van der Waals surface area contributed by atoms with Crippen LogP contribution in [0.2, 0.25) is 0 Å². The van der Waals surface area contributed by atoms with Gasteiger partial charge < -0.3 is 14.4 Å². The van der Waals surface area contributed by atoms with E-state index in [0.29, 0.717) is 19.7 Å². The van der Waals surface area contributed by atoms with Crippen LogP contribution in [-0.4, -0.2) is 54.1 Å². The molecule has 2 saturated carbocycles. The van der Waals surface area contributed by atoms with Crippen molar-refractivity contribution in [3.05, 3.63) is 17.5 Å². The number of aromatic nitrogens is 2. The number of methoxy groups -OCH3 is 1. The molecule has 0 radical (unpaired) electrons. The van der Waals surface area contributed by atoms with Gasteiger partial charge in [0.25, 0.3) is 0 Å². The molecule has 1 aromatic rings. The Balaban J connectivity index is 1.46. The Morgan fingerprint density at radius 3 is 2.75 bits per heavy atom. The van der Waals surface area contributed by atoms with E-state index in [1.165, 1.54) is 31.2 Å². The molecule has 2 fully saturated rings. The second-order valence-corrected chi connectivity index (χ2v) is 7.59. The van der Waals surface area contributed by atoms with Gasteiger partial charge in [-0.1, -0.05) is 0 Å². The number of carbonyl (C=O) groups is 1. The van der Waals surface area contributed by atoms with Crippen molar-refractivity contribution in [2.45, 2.75) is 44.7 Å². The molecule has 0 saturated heterocycles. The molecule has 0 aromatic carbocycles. The van der Waals surface area contributed by atoms with Crippen molar-refractivity contribution in [2.24, 2.45) is 11.8 Å². The molecule has 2 heterocycles. The molecule has 6 heteroatoms. The highest BCUT2D eigenvalue weighted by atomic mass is 16.5. The van der Waals surface area contributed by atoms with Gasteiger partial charge in [-0.05, 0) is 37.5 Å². The summed E-state index contributed by atoms with van der Waals surface area (Å²) in [6.45, 7) is 3.97. The number of fused-ring (bicyclic) bond motifs is 1. The first-order chi connectivity index (χ1) is 11.7. The van der Waals surface area contributed by atoms with Gasteiger partial charge in [0.2, 0.25) is 5.91 Å². The van der Waals surface area contributed by atoms with Crippen LogP contribution in [-0.2, 0) is 27.4 Å². The van der Waals surface area contributed by atoms with Crippen molar-refractivity contribution in [2.75, 3.05) is 33.5 Å². The maximum Gasteiger partial charge on any atom is 0.248 e. The third kappa shape index (κ3) is 3.81. The lowest BCUT2D eigenvalue weighted by Gasteiger charge is -2.31. The lowest BCUT2D eigenvalue weighted by atomic mass is 9.97. The van der Waals surface area contributed by atoms with Crippen LogP contribution in [0.15, 0.2) is 6.20 Å². The summed E-state index contributed by atoms with van der Waals surface area (Å²) in [6, 6.07) is 0. The van der Waals surface area contributed by atoms with E-state index in [-0.39, 0.29) is 18.4 Å². The van der Waals surface area contributed by atoms with E-state index in [9.17, 15) is 4.79 Å². The van der Waals surface area contributed by atoms with Gasteiger partial charge in [-0.15, -0.1) is 0 Å². The van der Waals surface area contributed by atoms with Crippen LogP contribution in [0.25, 0.3) is 0 Å². The zero-order valence-electron chi connectivity index (χ0n) is 14.4. The minimum atomic E-state index is 0.0466. The van der Waals surface area contributed by atoms with Gasteiger partial charge in [0.1, 0.15) is 6.61 Å². The first-order valence-corrected chi connectivity index (χ1v) is 9.13. The zero-order chi connectivity index (χ0) is 16.5. The molecule has 2 aliphatic carbocycles. The van der Waals surface area contributed by atoms with Crippen molar-refractivity contribution in [3.8, 4) is 0 Å². The van der Waals surface area contributed by atoms with Gasteiger partial charge in [-0.25, -0.2) is 0 Å². The average molecular weight is 333 g/mol. The van der Waals surface area contributed by atoms with Crippen molar-refractivity contribution >= 4 is 5.91 Å². The highest BCUT2D eigenvalue weighted by Gasteiger charge is 2.32. The molecule has 1 amide bonds. The van der Waals surface area contributed by atoms with Gasteiger partial charge >= 0.3 is 0 Å². The first kappa shape index (κ1) is 16.1. The van der Waals surface area contributed by atoms with E-state index < -0.39 is 0 Å². The largest absolute Gasteiger partial charge is 0.380 e. The number of nitrogens with zero attached hydrogens (tertiary/aromatic N) is 3. The lowest BCUT2D eigenvalue weighted by Crippen LogP contribution is -2.41. The molecule has 24 heavy (non-hydrogen) atoms. The SMILES string of the molecule is COCC(=O)N1Cc2cn(CC3CC3)nc2C(COCC2CC2)C1. The molecule has 0 spiro atoms. The normalized spacial score (nSPS) is 23.4. The monoisotopic (exact) mass is 333 g/mol. The van der Waals surface area contributed by atoms with Crippen LogP contribution in [0.5, 0.6) is 0 Å². The van der Waals surface area contributed by atoms with E-state index in [1.54, 1.807) is 7.11 Å². The van der Waals surface area contributed by atoms with Crippen LogP contribution in [0.3, 0.4) is 0 Å². The highest BCUT2D eigenvalue weighted by Crippen LogP contribution is 2.33. The van der Waals surface area contributed by atoms with Gasteiger partial charge in [-0.3, -0.25) is 9.48 Å². The maximum absolute atomic E-state index is 12.3. The summed E-state index contributed by atoms with van der Waals surface area (Å²) >= 11 is 0. The molecule has 4 rings (SSSR count). The number of hydrogen-bond donors (Lipinski definition) is 0. The Labute approximate surface area is 143 Å². The summed E-state index contributed by atoms with van der Waals surface area (Å²) in [6.07, 6.45) is 7.36. The topological polar surface area (TPSA) is 56.6 Å². The minimum absolute atomic E-state index is 0.0466. The molecule has 1 aromatic heterocycles. The number of carbonyl (C=O) groups excluding carboxylic acids is 1. The van der Waals surface area contributed by atoms with Crippen LogP contribution < -0.4 is 0 Å². The molecule has 3 aliphatic rings. The molecule has 132 valence electrons. The van der Waals surface area contributed by atoms with E-state index in [0.717, 1.165) is 30.7 Å². The Kier molecular flexibility index (Phi) is 4.59. The smallest absolute Gasteiger partial charge is 0.248 e. The molecule has 1 atom stereocenters. The fourth-order valence-electron chi connectivity index (χ4n) is 3.42. The molecule has 1 unspecified atom stereocenters. The third-order valence-electron chi connectivity index (χ3n) is 5.19. The van der Waals surface area contributed by atoms with Gasteiger partial charge in [0, 0.05) is 51.0 Å².